The summed E-state index contributed by atoms with van der Waals surface area (Å²) in [6.45, 7) is 2.76. The van der Waals surface area contributed by atoms with Crippen molar-refractivity contribution in [1.29, 1.82) is 0 Å². The largest absolute Gasteiger partial charge is 0.338 e. The number of amides is 1. The summed E-state index contributed by atoms with van der Waals surface area (Å²) >= 11 is 0. The van der Waals surface area contributed by atoms with Crippen LogP contribution in [0.5, 0.6) is 0 Å². The van der Waals surface area contributed by atoms with Crippen molar-refractivity contribution in [1.82, 2.24) is 4.90 Å². The number of benzene rings is 1. The molecule has 1 fully saturated rings. The maximum Gasteiger partial charge on any atom is 0.285 e. The monoisotopic (exact) mass is 299 g/mol. The molecule has 110 valence electrons. The summed E-state index contributed by atoms with van der Waals surface area (Å²) in [6, 6.07) is 4.95. The van der Waals surface area contributed by atoms with Crippen molar-refractivity contribution in [2.75, 3.05) is 13.1 Å². The fraction of sp³-hybridized carbons (Fsp3) is 0.462. The van der Waals surface area contributed by atoms with E-state index in [2.05, 4.69) is 0 Å². The van der Waals surface area contributed by atoms with Gasteiger partial charge in [0.15, 0.2) is 0 Å². The van der Waals surface area contributed by atoms with E-state index in [1.807, 2.05) is 0 Å². The van der Waals surface area contributed by atoms with Crippen LogP contribution in [0.15, 0.2) is 18.2 Å². The van der Waals surface area contributed by atoms with E-state index in [9.17, 15) is 14.9 Å². The lowest BCUT2D eigenvalue weighted by Crippen LogP contribution is -2.43. The minimum absolute atomic E-state index is 0. The fourth-order valence-corrected chi connectivity index (χ4v) is 2.35. The molecule has 1 amide bonds. The van der Waals surface area contributed by atoms with Crippen molar-refractivity contribution in [3.05, 3.63) is 39.4 Å². The molecule has 1 aliphatic rings. The van der Waals surface area contributed by atoms with Gasteiger partial charge >= 0.3 is 0 Å². The summed E-state index contributed by atoms with van der Waals surface area (Å²) in [5, 5.41) is 11.1. The standard InChI is InChI=1S/C13H17N3O3.ClH/c1-9-3-2-4-11(12(9)16(18)19)13(17)15-7-5-10(14)6-8-15;/h2-4,10H,5-8,14H2,1H3;1H. The van der Waals surface area contributed by atoms with Gasteiger partial charge in [0.2, 0.25) is 0 Å². The number of hydrogen-bond acceptors (Lipinski definition) is 4. The highest BCUT2D eigenvalue weighted by atomic mass is 35.5. The fourth-order valence-electron chi connectivity index (χ4n) is 2.35. The smallest absolute Gasteiger partial charge is 0.285 e. The van der Waals surface area contributed by atoms with Crippen LogP contribution in [0.3, 0.4) is 0 Å². The number of para-hydroxylation sites is 1. The average Bonchev–Trinajstić information content (AvgIpc) is 2.38. The number of halogens is 1. The molecule has 1 heterocycles. The first-order valence-corrected chi connectivity index (χ1v) is 6.29. The van der Waals surface area contributed by atoms with Gasteiger partial charge < -0.3 is 10.6 Å². The highest BCUT2D eigenvalue weighted by Crippen LogP contribution is 2.25. The van der Waals surface area contributed by atoms with Gasteiger partial charge in [-0.2, -0.15) is 0 Å². The normalized spacial score (nSPS) is 15.6. The second-order valence-corrected chi connectivity index (χ2v) is 4.86. The average molecular weight is 300 g/mol. The van der Waals surface area contributed by atoms with Crippen molar-refractivity contribution in [3.8, 4) is 0 Å². The molecule has 1 aliphatic heterocycles. The molecule has 1 saturated heterocycles. The van der Waals surface area contributed by atoms with Crippen LogP contribution in [0.25, 0.3) is 0 Å². The van der Waals surface area contributed by atoms with E-state index < -0.39 is 4.92 Å². The lowest BCUT2D eigenvalue weighted by atomic mass is 10.0. The molecule has 0 aliphatic carbocycles. The minimum Gasteiger partial charge on any atom is -0.338 e. The van der Waals surface area contributed by atoms with E-state index in [-0.39, 0.29) is 35.6 Å². The van der Waals surface area contributed by atoms with Gasteiger partial charge in [0.25, 0.3) is 11.6 Å². The molecule has 0 radical (unpaired) electrons. The van der Waals surface area contributed by atoms with Gasteiger partial charge in [-0.1, -0.05) is 12.1 Å². The van der Waals surface area contributed by atoms with E-state index in [1.165, 1.54) is 6.07 Å². The van der Waals surface area contributed by atoms with Crippen LogP contribution in [0.2, 0.25) is 0 Å². The third-order valence-corrected chi connectivity index (χ3v) is 3.48. The minimum atomic E-state index is -0.488. The number of piperidine rings is 1. The summed E-state index contributed by atoms with van der Waals surface area (Å²) in [5.41, 5.74) is 6.37. The van der Waals surface area contributed by atoms with Gasteiger partial charge in [-0.15, -0.1) is 12.4 Å². The predicted molar refractivity (Wildman–Crippen MR) is 78.2 cm³/mol. The summed E-state index contributed by atoms with van der Waals surface area (Å²) in [4.78, 5) is 24.6. The molecule has 6 nitrogen and oxygen atoms in total. The van der Waals surface area contributed by atoms with E-state index in [4.69, 9.17) is 5.73 Å². The van der Waals surface area contributed by atoms with Crippen molar-refractivity contribution in [2.24, 2.45) is 5.73 Å². The van der Waals surface area contributed by atoms with Crippen LogP contribution >= 0.6 is 12.4 Å². The van der Waals surface area contributed by atoms with Crippen molar-refractivity contribution in [2.45, 2.75) is 25.8 Å². The molecular formula is C13H18ClN3O3. The van der Waals surface area contributed by atoms with E-state index in [0.717, 1.165) is 12.8 Å². The molecule has 0 saturated carbocycles. The Kier molecular flexibility index (Phi) is 5.47. The Morgan fingerprint density at radius 3 is 2.55 bits per heavy atom. The number of nitro groups is 1. The molecule has 1 aromatic carbocycles. The van der Waals surface area contributed by atoms with E-state index in [1.54, 1.807) is 24.0 Å². The van der Waals surface area contributed by atoms with Crippen molar-refractivity contribution >= 4 is 24.0 Å². The maximum absolute atomic E-state index is 12.4. The third kappa shape index (κ3) is 3.26. The first-order valence-electron chi connectivity index (χ1n) is 6.29. The zero-order chi connectivity index (χ0) is 14.0. The van der Waals surface area contributed by atoms with Crippen molar-refractivity contribution < 1.29 is 9.72 Å². The lowest BCUT2D eigenvalue weighted by molar-refractivity contribution is -0.385. The van der Waals surface area contributed by atoms with Crippen LogP contribution in [0.1, 0.15) is 28.8 Å². The van der Waals surface area contributed by atoms with Gasteiger partial charge in [0.05, 0.1) is 4.92 Å². The first kappa shape index (κ1) is 16.4. The molecule has 0 unspecified atom stereocenters. The van der Waals surface area contributed by atoms with Crippen LogP contribution in [-0.4, -0.2) is 34.9 Å². The Morgan fingerprint density at radius 2 is 2.00 bits per heavy atom. The highest BCUT2D eigenvalue weighted by molar-refractivity contribution is 5.98. The summed E-state index contributed by atoms with van der Waals surface area (Å²) in [5.74, 6) is -0.276. The molecule has 2 N–H and O–H groups in total. The van der Waals surface area contributed by atoms with Crippen LogP contribution in [0, 0.1) is 17.0 Å². The molecule has 2 rings (SSSR count). The Hall–Kier alpha value is -1.66. The second-order valence-electron chi connectivity index (χ2n) is 4.86. The topological polar surface area (TPSA) is 89.5 Å². The van der Waals surface area contributed by atoms with Gasteiger partial charge in [0.1, 0.15) is 5.56 Å². The van der Waals surface area contributed by atoms with Crippen molar-refractivity contribution in [3.63, 3.8) is 0 Å². The summed E-state index contributed by atoms with van der Waals surface area (Å²) in [7, 11) is 0. The Labute approximate surface area is 123 Å². The van der Waals surface area contributed by atoms with Crippen LogP contribution in [0.4, 0.5) is 5.69 Å². The summed E-state index contributed by atoms with van der Waals surface area (Å²) < 4.78 is 0. The third-order valence-electron chi connectivity index (χ3n) is 3.48. The van der Waals surface area contributed by atoms with Gasteiger partial charge in [0, 0.05) is 24.7 Å². The molecular weight excluding hydrogens is 282 g/mol. The maximum atomic E-state index is 12.4. The molecule has 0 bridgehead atoms. The van der Waals surface area contributed by atoms with E-state index in [0.29, 0.717) is 18.7 Å². The van der Waals surface area contributed by atoms with E-state index >= 15 is 0 Å². The Balaban J connectivity index is 0.00000200. The van der Waals surface area contributed by atoms with Crippen LogP contribution < -0.4 is 5.73 Å². The quantitative estimate of drug-likeness (QED) is 0.667. The lowest BCUT2D eigenvalue weighted by Gasteiger charge is -2.30. The number of carbonyl (C=O) groups is 1. The first-order chi connectivity index (χ1) is 9.00. The molecule has 7 heteroatoms. The number of hydrogen-bond donors (Lipinski definition) is 1. The Morgan fingerprint density at radius 1 is 1.40 bits per heavy atom. The summed E-state index contributed by atoms with van der Waals surface area (Å²) in [6.07, 6.45) is 1.48. The number of carbonyl (C=O) groups excluding carboxylic acids is 1. The number of nitro benzene ring substituents is 1. The zero-order valence-corrected chi connectivity index (χ0v) is 12.1. The molecule has 1 aromatic rings. The SMILES string of the molecule is Cc1cccc(C(=O)N2CCC(N)CC2)c1[N+](=O)[O-].Cl. The number of likely N-dealkylation sites (tertiary alicyclic amines) is 1. The van der Waals surface area contributed by atoms with Crippen LogP contribution in [-0.2, 0) is 0 Å². The number of rotatable bonds is 2. The molecule has 0 aromatic heterocycles. The Bertz CT molecular complexity index is 514. The zero-order valence-electron chi connectivity index (χ0n) is 11.2. The highest BCUT2D eigenvalue weighted by Gasteiger charge is 2.28. The number of aryl methyl sites for hydroxylation is 1. The number of nitrogens with zero attached hydrogens (tertiary/aromatic N) is 2. The molecule has 0 atom stereocenters. The predicted octanol–water partition coefficient (Wildman–Crippen LogP) is 1.89. The van der Waals surface area contributed by atoms with Gasteiger partial charge in [-0.05, 0) is 25.8 Å². The molecule has 0 spiro atoms. The second kappa shape index (κ2) is 6.67. The number of nitrogens with two attached hydrogens (primary N) is 1. The van der Waals surface area contributed by atoms with Gasteiger partial charge in [-0.25, -0.2) is 0 Å². The molecule has 20 heavy (non-hydrogen) atoms. The van der Waals surface area contributed by atoms with Gasteiger partial charge in [-0.3, -0.25) is 14.9 Å².